The quantitative estimate of drug-likeness (QED) is 0.810. The van der Waals surface area contributed by atoms with Crippen LogP contribution in [0.5, 0.6) is 5.75 Å². The van der Waals surface area contributed by atoms with Gasteiger partial charge in [0.1, 0.15) is 5.75 Å². The van der Waals surface area contributed by atoms with E-state index in [0.717, 1.165) is 51.0 Å². The first-order valence-electron chi connectivity index (χ1n) is 9.92. The molecule has 0 spiro atoms. The minimum atomic E-state index is 0.485. The Balaban J connectivity index is 1.34. The van der Waals surface area contributed by atoms with Crippen LogP contribution in [-0.2, 0) is 6.54 Å². The molecule has 0 saturated carbocycles. The van der Waals surface area contributed by atoms with Gasteiger partial charge in [0.25, 0.3) is 0 Å². The van der Waals surface area contributed by atoms with E-state index in [0.29, 0.717) is 6.04 Å². The first-order chi connectivity index (χ1) is 13.2. The van der Waals surface area contributed by atoms with Crippen LogP contribution in [0.3, 0.4) is 0 Å². The summed E-state index contributed by atoms with van der Waals surface area (Å²) in [5.74, 6) is 1.79. The van der Waals surface area contributed by atoms with Gasteiger partial charge >= 0.3 is 0 Å². The number of piperazine rings is 1. The van der Waals surface area contributed by atoms with Crippen molar-refractivity contribution in [2.24, 2.45) is 0 Å². The molecular formula is C21H29N5O. The molecule has 2 aromatic rings. The Morgan fingerprint density at radius 1 is 0.963 bits per heavy atom. The highest BCUT2D eigenvalue weighted by Crippen LogP contribution is 2.23. The van der Waals surface area contributed by atoms with Crippen LogP contribution in [0.2, 0.25) is 0 Å². The summed E-state index contributed by atoms with van der Waals surface area (Å²) in [5.41, 5.74) is 2.46. The van der Waals surface area contributed by atoms with Crippen molar-refractivity contribution in [2.45, 2.75) is 32.4 Å². The monoisotopic (exact) mass is 367 g/mol. The summed E-state index contributed by atoms with van der Waals surface area (Å²) >= 11 is 0. The molecule has 1 atom stereocenters. The fraction of sp³-hybridized carbons (Fsp3) is 0.524. The number of ether oxygens (including phenoxy) is 1. The maximum atomic E-state index is 5.26. The summed E-state index contributed by atoms with van der Waals surface area (Å²) in [6, 6.07) is 8.84. The summed E-state index contributed by atoms with van der Waals surface area (Å²) < 4.78 is 5.26. The summed E-state index contributed by atoms with van der Waals surface area (Å²) in [4.78, 5) is 16.4. The number of rotatable bonds is 5. The third-order valence-electron chi connectivity index (χ3n) is 5.67. The van der Waals surface area contributed by atoms with Crippen molar-refractivity contribution < 1.29 is 4.74 Å². The number of hydrogen-bond acceptors (Lipinski definition) is 6. The molecule has 3 heterocycles. The Morgan fingerprint density at radius 2 is 1.67 bits per heavy atom. The maximum absolute atomic E-state index is 5.26. The van der Waals surface area contributed by atoms with Crippen LogP contribution >= 0.6 is 0 Å². The van der Waals surface area contributed by atoms with Crippen LogP contribution in [0.15, 0.2) is 36.7 Å². The van der Waals surface area contributed by atoms with E-state index >= 15 is 0 Å². The van der Waals surface area contributed by atoms with Crippen LogP contribution in [0.25, 0.3) is 0 Å². The summed E-state index contributed by atoms with van der Waals surface area (Å²) in [7, 11) is 1.71. The molecule has 0 radical (unpaired) electrons. The first kappa shape index (κ1) is 18.0. The van der Waals surface area contributed by atoms with Gasteiger partial charge in [0.15, 0.2) is 0 Å². The van der Waals surface area contributed by atoms with E-state index in [9.17, 15) is 0 Å². The number of benzene rings is 1. The third kappa shape index (κ3) is 4.16. The average molecular weight is 367 g/mol. The molecule has 0 bridgehead atoms. The maximum Gasteiger partial charge on any atom is 0.225 e. The van der Waals surface area contributed by atoms with E-state index in [4.69, 9.17) is 4.74 Å². The van der Waals surface area contributed by atoms with Crippen molar-refractivity contribution in [3.8, 4) is 5.75 Å². The number of nitrogens with zero attached hydrogens (tertiary/aromatic N) is 5. The molecule has 1 aromatic heterocycles. The van der Waals surface area contributed by atoms with Gasteiger partial charge in [-0.25, -0.2) is 9.97 Å². The van der Waals surface area contributed by atoms with Gasteiger partial charge in [-0.2, -0.15) is 0 Å². The molecular weight excluding hydrogens is 338 g/mol. The first-order valence-corrected chi connectivity index (χ1v) is 9.92. The number of aromatic nitrogens is 2. The molecule has 2 fully saturated rings. The zero-order valence-electron chi connectivity index (χ0n) is 16.3. The predicted octanol–water partition coefficient (Wildman–Crippen LogP) is 2.80. The number of methoxy groups -OCH3 is 1. The molecule has 0 unspecified atom stereocenters. The standard InChI is InChI=1S/C21H29N5O/c1-17-15-26(19-5-7-20(27-2)8-6-19)12-11-25(17)16-18-13-22-21(23-14-18)24-9-3-4-10-24/h5-8,13-14,17H,3-4,9-12,15-16H2,1-2H3/t17-/m0/s1. The SMILES string of the molecule is COc1ccc(N2CCN(Cc3cnc(N4CCCC4)nc3)[C@@H](C)C2)cc1. The fourth-order valence-corrected chi connectivity index (χ4v) is 4.00. The van der Waals surface area contributed by atoms with E-state index in [2.05, 4.69) is 43.7 Å². The van der Waals surface area contributed by atoms with E-state index in [-0.39, 0.29) is 0 Å². The predicted molar refractivity (Wildman–Crippen MR) is 109 cm³/mol. The van der Waals surface area contributed by atoms with Gasteiger partial charge in [-0.05, 0) is 44.0 Å². The molecule has 0 amide bonds. The van der Waals surface area contributed by atoms with Crippen LogP contribution in [0.1, 0.15) is 25.3 Å². The van der Waals surface area contributed by atoms with Gasteiger partial charge in [-0.1, -0.05) is 0 Å². The van der Waals surface area contributed by atoms with Crippen molar-refractivity contribution in [1.29, 1.82) is 0 Å². The minimum Gasteiger partial charge on any atom is -0.497 e. The lowest BCUT2D eigenvalue weighted by molar-refractivity contribution is 0.180. The molecule has 6 nitrogen and oxygen atoms in total. The van der Waals surface area contributed by atoms with Gasteiger partial charge < -0.3 is 14.5 Å². The van der Waals surface area contributed by atoms with E-state index in [1.807, 2.05) is 24.5 Å². The van der Waals surface area contributed by atoms with Gasteiger partial charge in [-0.3, -0.25) is 4.90 Å². The summed E-state index contributed by atoms with van der Waals surface area (Å²) in [6.07, 6.45) is 6.51. The highest BCUT2D eigenvalue weighted by Gasteiger charge is 2.24. The second kappa shape index (κ2) is 8.13. The van der Waals surface area contributed by atoms with Crippen LogP contribution in [-0.4, -0.2) is 60.7 Å². The highest BCUT2D eigenvalue weighted by atomic mass is 16.5. The largest absolute Gasteiger partial charge is 0.497 e. The normalized spacial score (nSPS) is 20.9. The van der Waals surface area contributed by atoms with Crippen molar-refractivity contribution in [3.05, 3.63) is 42.2 Å². The zero-order chi connectivity index (χ0) is 18.6. The van der Waals surface area contributed by atoms with Gasteiger partial charge in [-0.15, -0.1) is 0 Å². The molecule has 2 saturated heterocycles. The molecule has 0 aliphatic carbocycles. The van der Waals surface area contributed by atoms with E-state index < -0.39 is 0 Å². The lowest BCUT2D eigenvalue weighted by Crippen LogP contribution is -2.51. The Hall–Kier alpha value is -2.34. The molecule has 27 heavy (non-hydrogen) atoms. The smallest absolute Gasteiger partial charge is 0.225 e. The van der Waals surface area contributed by atoms with Crippen LogP contribution in [0.4, 0.5) is 11.6 Å². The van der Waals surface area contributed by atoms with Crippen LogP contribution in [0, 0.1) is 0 Å². The van der Waals surface area contributed by atoms with E-state index in [1.165, 1.54) is 24.1 Å². The fourth-order valence-electron chi connectivity index (χ4n) is 4.00. The highest BCUT2D eigenvalue weighted by molar-refractivity contribution is 5.49. The number of anilines is 2. The topological polar surface area (TPSA) is 44.7 Å². The molecule has 4 rings (SSSR count). The Bertz CT molecular complexity index is 727. The molecule has 6 heteroatoms. The van der Waals surface area contributed by atoms with Crippen molar-refractivity contribution >= 4 is 11.6 Å². The second-order valence-corrected chi connectivity index (χ2v) is 7.55. The summed E-state index contributed by atoms with van der Waals surface area (Å²) in [6.45, 7) is 8.49. The average Bonchev–Trinajstić information content (AvgIpc) is 3.25. The Morgan fingerprint density at radius 3 is 2.30 bits per heavy atom. The lowest BCUT2D eigenvalue weighted by Gasteiger charge is -2.41. The third-order valence-corrected chi connectivity index (χ3v) is 5.67. The van der Waals surface area contributed by atoms with Crippen LogP contribution < -0.4 is 14.5 Å². The molecule has 2 aliphatic rings. The Kier molecular flexibility index (Phi) is 5.43. The zero-order valence-corrected chi connectivity index (χ0v) is 16.3. The van der Waals surface area contributed by atoms with Crippen molar-refractivity contribution in [3.63, 3.8) is 0 Å². The van der Waals surface area contributed by atoms with Gasteiger partial charge in [0.05, 0.1) is 7.11 Å². The minimum absolute atomic E-state index is 0.485. The molecule has 2 aliphatic heterocycles. The van der Waals surface area contributed by atoms with Crippen molar-refractivity contribution in [1.82, 2.24) is 14.9 Å². The number of hydrogen-bond donors (Lipinski definition) is 0. The van der Waals surface area contributed by atoms with E-state index in [1.54, 1.807) is 7.11 Å². The van der Waals surface area contributed by atoms with Gasteiger partial charge in [0.2, 0.25) is 5.95 Å². The summed E-state index contributed by atoms with van der Waals surface area (Å²) in [5, 5.41) is 0. The lowest BCUT2D eigenvalue weighted by atomic mass is 10.1. The molecule has 1 aromatic carbocycles. The molecule has 144 valence electrons. The Labute approximate surface area is 161 Å². The second-order valence-electron chi connectivity index (χ2n) is 7.55. The van der Waals surface area contributed by atoms with Crippen molar-refractivity contribution in [2.75, 3.05) is 49.6 Å². The van der Waals surface area contributed by atoms with Gasteiger partial charge in [0, 0.05) is 69.0 Å². The molecule has 0 N–H and O–H groups in total.